The Morgan fingerprint density at radius 3 is 2.25 bits per heavy atom. The molecule has 120 valence electrons. The summed E-state index contributed by atoms with van der Waals surface area (Å²) < 4.78 is 36.4. The molecule has 0 aromatic rings. The van der Waals surface area contributed by atoms with Gasteiger partial charge in [-0.2, -0.15) is 13.2 Å². The van der Waals surface area contributed by atoms with Crippen molar-refractivity contribution in [1.29, 1.82) is 0 Å². The number of hydrogen-bond acceptors (Lipinski definition) is 2. The van der Waals surface area contributed by atoms with Crippen LogP contribution in [0.4, 0.5) is 13.2 Å². The molecule has 2 nitrogen and oxygen atoms in total. The molecule has 1 fully saturated rings. The van der Waals surface area contributed by atoms with Gasteiger partial charge in [-0.15, -0.1) is 0 Å². The summed E-state index contributed by atoms with van der Waals surface area (Å²) in [6.07, 6.45) is 2.29. The third-order valence-electron chi connectivity index (χ3n) is 4.61. The normalized spacial score (nSPS) is 21.1. The van der Waals surface area contributed by atoms with Crippen LogP contribution in [0.15, 0.2) is 0 Å². The van der Waals surface area contributed by atoms with Crippen molar-refractivity contribution in [1.82, 2.24) is 10.2 Å². The monoisotopic (exact) mass is 294 g/mol. The molecule has 20 heavy (non-hydrogen) atoms. The van der Waals surface area contributed by atoms with Crippen LogP contribution in [0, 0.1) is 0 Å². The molecule has 1 saturated carbocycles. The number of alkyl halides is 3. The lowest BCUT2D eigenvalue weighted by atomic mass is 9.80. The quantitative estimate of drug-likeness (QED) is 0.764. The number of nitrogens with one attached hydrogen (secondary N) is 1. The van der Waals surface area contributed by atoms with Gasteiger partial charge in [-0.05, 0) is 46.7 Å². The zero-order valence-corrected chi connectivity index (χ0v) is 13.0. The Balaban J connectivity index is 2.32. The number of halogens is 3. The lowest BCUT2D eigenvalue weighted by Crippen LogP contribution is -2.54. The average molecular weight is 294 g/mol. The van der Waals surface area contributed by atoms with E-state index in [2.05, 4.69) is 24.3 Å². The standard InChI is InChI=1S/C15H29F3N2/c1-13(8-7-11-15(16,17)18)19-12-14(20(2)3)9-5-4-6-10-14/h13,19H,4-12H2,1-3H3. The van der Waals surface area contributed by atoms with E-state index in [1.54, 1.807) is 0 Å². The van der Waals surface area contributed by atoms with Crippen LogP contribution >= 0.6 is 0 Å². The molecule has 0 aromatic carbocycles. The summed E-state index contributed by atoms with van der Waals surface area (Å²) in [5, 5.41) is 3.45. The van der Waals surface area contributed by atoms with Crippen molar-refractivity contribution < 1.29 is 13.2 Å². The van der Waals surface area contributed by atoms with Crippen molar-refractivity contribution in [2.45, 2.75) is 76.0 Å². The lowest BCUT2D eigenvalue weighted by molar-refractivity contribution is -0.135. The second-order valence-corrected chi connectivity index (χ2v) is 6.47. The van der Waals surface area contributed by atoms with Crippen LogP contribution in [-0.4, -0.2) is 43.3 Å². The zero-order chi connectivity index (χ0) is 15.2. The van der Waals surface area contributed by atoms with Crippen molar-refractivity contribution in [3.63, 3.8) is 0 Å². The predicted molar refractivity (Wildman–Crippen MR) is 76.9 cm³/mol. The van der Waals surface area contributed by atoms with Gasteiger partial charge < -0.3 is 10.2 Å². The van der Waals surface area contributed by atoms with Gasteiger partial charge in [-0.25, -0.2) is 0 Å². The van der Waals surface area contributed by atoms with E-state index in [1.165, 1.54) is 32.1 Å². The first-order valence-electron chi connectivity index (χ1n) is 7.73. The van der Waals surface area contributed by atoms with Gasteiger partial charge in [0.25, 0.3) is 0 Å². The number of nitrogens with zero attached hydrogens (tertiary/aromatic N) is 1. The van der Waals surface area contributed by atoms with Crippen molar-refractivity contribution in [2.75, 3.05) is 20.6 Å². The second-order valence-electron chi connectivity index (χ2n) is 6.47. The van der Waals surface area contributed by atoms with Crippen LogP contribution in [0.2, 0.25) is 0 Å². The fraction of sp³-hybridized carbons (Fsp3) is 1.00. The Kier molecular flexibility index (Phi) is 6.79. The summed E-state index contributed by atoms with van der Waals surface area (Å²) in [6, 6.07) is 0.149. The van der Waals surface area contributed by atoms with Gasteiger partial charge in [0.15, 0.2) is 0 Å². The van der Waals surface area contributed by atoms with Crippen LogP contribution in [0.3, 0.4) is 0 Å². The summed E-state index contributed by atoms with van der Waals surface area (Å²) in [5.74, 6) is 0. The first-order chi connectivity index (χ1) is 9.25. The molecule has 1 rings (SSSR count). The minimum absolute atomic E-state index is 0.149. The molecule has 0 radical (unpaired) electrons. The van der Waals surface area contributed by atoms with Gasteiger partial charge in [0.2, 0.25) is 0 Å². The summed E-state index contributed by atoms with van der Waals surface area (Å²) in [6.45, 7) is 2.87. The van der Waals surface area contributed by atoms with E-state index in [-0.39, 0.29) is 18.0 Å². The maximum Gasteiger partial charge on any atom is 0.389 e. The van der Waals surface area contributed by atoms with Crippen LogP contribution < -0.4 is 5.32 Å². The average Bonchev–Trinajstić information content (AvgIpc) is 2.36. The van der Waals surface area contributed by atoms with Gasteiger partial charge in [-0.3, -0.25) is 0 Å². The van der Waals surface area contributed by atoms with Crippen molar-refractivity contribution in [3.05, 3.63) is 0 Å². The van der Waals surface area contributed by atoms with Gasteiger partial charge in [0.05, 0.1) is 0 Å². The predicted octanol–water partition coefficient (Wildman–Crippen LogP) is 3.96. The molecular formula is C15H29F3N2. The van der Waals surface area contributed by atoms with Gasteiger partial charge in [-0.1, -0.05) is 19.3 Å². The first-order valence-corrected chi connectivity index (χ1v) is 7.73. The van der Waals surface area contributed by atoms with Crippen LogP contribution in [0.1, 0.15) is 58.3 Å². The van der Waals surface area contributed by atoms with Crippen molar-refractivity contribution in [2.24, 2.45) is 0 Å². The topological polar surface area (TPSA) is 15.3 Å². The summed E-state index contributed by atoms with van der Waals surface area (Å²) in [5.41, 5.74) is 0.191. The lowest BCUT2D eigenvalue weighted by Gasteiger charge is -2.44. The van der Waals surface area contributed by atoms with Crippen LogP contribution in [0.25, 0.3) is 0 Å². The Labute approximate surface area is 121 Å². The Hall–Kier alpha value is -0.290. The molecule has 1 N–H and O–H groups in total. The summed E-state index contributed by atoms with van der Waals surface area (Å²) in [7, 11) is 4.22. The number of hydrogen-bond donors (Lipinski definition) is 1. The number of rotatable bonds is 7. The molecule has 0 aliphatic heterocycles. The van der Waals surface area contributed by atoms with Crippen LogP contribution in [-0.2, 0) is 0 Å². The fourth-order valence-electron chi connectivity index (χ4n) is 3.07. The minimum Gasteiger partial charge on any atom is -0.312 e. The molecule has 1 aliphatic carbocycles. The van der Waals surface area contributed by atoms with Crippen molar-refractivity contribution >= 4 is 0 Å². The highest BCUT2D eigenvalue weighted by Crippen LogP contribution is 2.31. The Bertz CT molecular complexity index is 271. The highest BCUT2D eigenvalue weighted by Gasteiger charge is 2.34. The SMILES string of the molecule is CC(CCCC(F)(F)F)NCC1(N(C)C)CCCCC1. The largest absolute Gasteiger partial charge is 0.389 e. The Morgan fingerprint density at radius 2 is 1.75 bits per heavy atom. The molecule has 1 unspecified atom stereocenters. The van der Waals surface area contributed by atoms with E-state index < -0.39 is 12.6 Å². The molecule has 5 heteroatoms. The third kappa shape index (κ3) is 6.00. The van der Waals surface area contributed by atoms with E-state index in [9.17, 15) is 13.2 Å². The molecule has 0 spiro atoms. The van der Waals surface area contributed by atoms with E-state index in [0.29, 0.717) is 6.42 Å². The molecule has 0 bridgehead atoms. The van der Waals surface area contributed by atoms with Gasteiger partial charge in [0.1, 0.15) is 0 Å². The molecule has 0 heterocycles. The van der Waals surface area contributed by atoms with Crippen molar-refractivity contribution in [3.8, 4) is 0 Å². The van der Waals surface area contributed by atoms with Gasteiger partial charge >= 0.3 is 6.18 Å². The summed E-state index contributed by atoms with van der Waals surface area (Å²) >= 11 is 0. The third-order valence-corrected chi connectivity index (χ3v) is 4.61. The number of likely N-dealkylation sites (N-methyl/N-ethyl adjacent to an activating group) is 1. The minimum atomic E-state index is -4.02. The molecular weight excluding hydrogens is 265 g/mol. The molecule has 0 amide bonds. The smallest absolute Gasteiger partial charge is 0.312 e. The zero-order valence-electron chi connectivity index (χ0n) is 13.0. The molecule has 0 aromatic heterocycles. The van der Waals surface area contributed by atoms with E-state index in [1.807, 2.05) is 6.92 Å². The van der Waals surface area contributed by atoms with E-state index in [0.717, 1.165) is 6.54 Å². The highest BCUT2D eigenvalue weighted by molar-refractivity contribution is 4.93. The molecule has 1 atom stereocenters. The maximum atomic E-state index is 12.1. The summed E-state index contributed by atoms with van der Waals surface area (Å²) in [4.78, 5) is 2.29. The van der Waals surface area contributed by atoms with E-state index >= 15 is 0 Å². The molecule has 0 saturated heterocycles. The Morgan fingerprint density at radius 1 is 1.15 bits per heavy atom. The first kappa shape index (κ1) is 17.8. The van der Waals surface area contributed by atoms with Gasteiger partial charge in [0, 0.05) is 24.5 Å². The van der Waals surface area contributed by atoms with E-state index in [4.69, 9.17) is 0 Å². The second kappa shape index (κ2) is 7.64. The maximum absolute atomic E-state index is 12.1. The molecule has 1 aliphatic rings. The fourth-order valence-corrected chi connectivity index (χ4v) is 3.07. The van der Waals surface area contributed by atoms with Crippen LogP contribution in [0.5, 0.6) is 0 Å². The highest BCUT2D eigenvalue weighted by atomic mass is 19.4.